The van der Waals surface area contributed by atoms with E-state index in [-0.39, 0.29) is 16.3 Å². The lowest BCUT2D eigenvalue weighted by Crippen LogP contribution is -2.17. The first kappa shape index (κ1) is 23.8. The molecule has 11 heteroatoms. The highest BCUT2D eigenvalue weighted by molar-refractivity contribution is 7.89. The lowest BCUT2D eigenvalue weighted by molar-refractivity contribution is -0.105. The molecule has 9 nitrogen and oxygen atoms in total. The molecule has 178 valence electrons. The van der Waals surface area contributed by atoms with E-state index in [0.29, 0.717) is 34.6 Å². The number of hydrogen-bond donors (Lipinski definition) is 3. The molecule has 4 rings (SSSR count). The van der Waals surface area contributed by atoms with Gasteiger partial charge in [-0.3, -0.25) is 9.59 Å². The number of carbonyl (C=O) groups is 2. The summed E-state index contributed by atoms with van der Waals surface area (Å²) >= 11 is 0. The Morgan fingerprint density at radius 2 is 1.77 bits per heavy atom. The minimum absolute atomic E-state index is 0.00102. The van der Waals surface area contributed by atoms with Gasteiger partial charge in [-0.05, 0) is 55.0 Å². The lowest BCUT2D eigenvalue weighted by Gasteiger charge is -2.11. The van der Waals surface area contributed by atoms with Crippen LogP contribution in [0.5, 0.6) is 0 Å². The molecule has 0 spiro atoms. The van der Waals surface area contributed by atoms with Gasteiger partial charge in [-0.1, -0.05) is 30.3 Å². The molecule has 4 N–H and O–H groups in total. The minimum Gasteiger partial charge on any atom is -0.326 e. The van der Waals surface area contributed by atoms with Crippen LogP contribution in [-0.2, 0) is 14.8 Å². The summed E-state index contributed by atoms with van der Waals surface area (Å²) < 4.78 is 39.0. The van der Waals surface area contributed by atoms with Gasteiger partial charge < -0.3 is 10.6 Å². The van der Waals surface area contributed by atoms with Crippen molar-refractivity contribution in [2.75, 3.05) is 10.6 Å². The van der Waals surface area contributed by atoms with Crippen molar-refractivity contribution in [2.45, 2.75) is 11.8 Å². The fraction of sp³-hybridized carbons (Fsp3) is 0.0417. The Bertz CT molecular complexity index is 1530. The van der Waals surface area contributed by atoms with Gasteiger partial charge in [-0.15, -0.1) is 0 Å². The van der Waals surface area contributed by atoms with Crippen LogP contribution in [0.25, 0.3) is 16.8 Å². The summed E-state index contributed by atoms with van der Waals surface area (Å²) in [6.07, 6.45) is 0.356. The fourth-order valence-corrected chi connectivity index (χ4v) is 4.32. The van der Waals surface area contributed by atoms with E-state index >= 15 is 0 Å². The van der Waals surface area contributed by atoms with Gasteiger partial charge in [0.25, 0.3) is 5.91 Å². The number of aryl methyl sites for hydroxylation is 1. The fourth-order valence-electron chi connectivity index (χ4n) is 3.56. The molecular weight excluding hydrogens is 473 g/mol. The highest BCUT2D eigenvalue weighted by Gasteiger charge is 2.18. The average molecular weight is 494 g/mol. The van der Waals surface area contributed by atoms with Crippen molar-refractivity contribution < 1.29 is 22.4 Å². The van der Waals surface area contributed by atoms with E-state index in [0.717, 1.165) is 6.07 Å². The van der Waals surface area contributed by atoms with Crippen molar-refractivity contribution in [3.05, 3.63) is 90.0 Å². The second-order valence-electron chi connectivity index (χ2n) is 7.58. The molecule has 0 bridgehead atoms. The number of amides is 2. The van der Waals surface area contributed by atoms with E-state index in [2.05, 4.69) is 15.7 Å². The van der Waals surface area contributed by atoms with E-state index in [1.807, 2.05) is 0 Å². The number of nitrogens with one attached hydrogen (secondary N) is 2. The van der Waals surface area contributed by atoms with Gasteiger partial charge in [0.15, 0.2) is 0 Å². The third-order valence-corrected chi connectivity index (χ3v) is 6.09. The van der Waals surface area contributed by atoms with Crippen LogP contribution in [0.3, 0.4) is 0 Å². The van der Waals surface area contributed by atoms with E-state index in [1.54, 1.807) is 55.5 Å². The van der Waals surface area contributed by atoms with Crippen LogP contribution in [0.15, 0.2) is 77.7 Å². The molecule has 1 aromatic heterocycles. The van der Waals surface area contributed by atoms with Crippen molar-refractivity contribution in [1.82, 2.24) is 9.78 Å². The van der Waals surface area contributed by atoms with Crippen molar-refractivity contribution in [1.29, 1.82) is 0 Å². The second-order valence-corrected chi connectivity index (χ2v) is 9.11. The van der Waals surface area contributed by atoms with Gasteiger partial charge in [-0.2, -0.15) is 5.10 Å². The molecule has 0 unspecified atom stereocenters. The Labute approximate surface area is 200 Å². The highest BCUT2D eigenvalue weighted by atomic mass is 32.2. The zero-order valence-corrected chi connectivity index (χ0v) is 19.2. The predicted octanol–water partition coefficient (Wildman–Crippen LogP) is 3.45. The number of nitrogens with zero attached hydrogens (tertiary/aromatic N) is 2. The maximum atomic E-state index is 13.9. The van der Waals surface area contributed by atoms with Gasteiger partial charge in [0.05, 0.1) is 22.0 Å². The monoisotopic (exact) mass is 493 g/mol. The van der Waals surface area contributed by atoms with Crippen LogP contribution in [0.1, 0.15) is 16.2 Å². The molecule has 35 heavy (non-hydrogen) atoms. The van der Waals surface area contributed by atoms with Crippen LogP contribution in [0, 0.1) is 12.7 Å². The third-order valence-electron chi connectivity index (χ3n) is 5.12. The molecule has 0 aliphatic rings. The molecule has 0 aliphatic carbocycles. The highest BCUT2D eigenvalue weighted by Crippen LogP contribution is 2.28. The van der Waals surface area contributed by atoms with Crippen molar-refractivity contribution >= 4 is 33.7 Å². The molecule has 0 saturated heterocycles. The number of aromatic nitrogens is 2. The Morgan fingerprint density at radius 1 is 1.06 bits per heavy atom. The lowest BCUT2D eigenvalue weighted by atomic mass is 10.1. The van der Waals surface area contributed by atoms with E-state index in [9.17, 15) is 22.4 Å². The second kappa shape index (κ2) is 9.49. The number of anilines is 2. The van der Waals surface area contributed by atoms with Crippen LogP contribution in [0.2, 0.25) is 0 Å². The van der Waals surface area contributed by atoms with Crippen molar-refractivity contribution in [3.63, 3.8) is 0 Å². The molecule has 4 aromatic rings. The van der Waals surface area contributed by atoms with Gasteiger partial charge in [0.2, 0.25) is 16.4 Å². The number of rotatable bonds is 7. The Balaban J connectivity index is 1.61. The largest absolute Gasteiger partial charge is 0.326 e. The number of benzene rings is 3. The number of halogens is 1. The van der Waals surface area contributed by atoms with Crippen molar-refractivity contribution in [3.8, 4) is 16.8 Å². The van der Waals surface area contributed by atoms with E-state index in [4.69, 9.17) is 5.14 Å². The summed E-state index contributed by atoms with van der Waals surface area (Å²) in [5.41, 5.74) is 2.58. The summed E-state index contributed by atoms with van der Waals surface area (Å²) in [6, 6.07) is 18.5. The Kier molecular flexibility index (Phi) is 6.45. The van der Waals surface area contributed by atoms with Gasteiger partial charge >= 0.3 is 0 Å². The van der Waals surface area contributed by atoms with E-state index < -0.39 is 21.7 Å². The molecule has 0 aliphatic heterocycles. The van der Waals surface area contributed by atoms with Crippen LogP contribution >= 0.6 is 0 Å². The van der Waals surface area contributed by atoms with Crippen LogP contribution < -0.4 is 15.8 Å². The number of primary sulfonamides is 1. The molecular formula is C24H20FN5O4S. The SMILES string of the molecule is Cc1cc(C(=O)Nc2ccc(-c3ccccc3S(N)(=O)=O)cc2)n(-c2ccc(F)c(NC=O)c2)n1. The number of carbonyl (C=O) groups excluding carboxylic acids is 2. The first-order valence-corrected chi connectivity index (χ1v) is 11.8. The van der Waals surface area contributed by atoms with Crippen LogP contribution in [0.4, 0.5) is 15.8 Å². The molecule has 0 radical (unpaired) electrons. The Hall–Kier alpha value is -4.35. The summed E-state index contributed by atoms with van der Waals surface area (Å²) in [7, 11) is -3.91. The smallest absolute Gasteiger partial charge is 0.274 e. The molecule has 0 saturated carbocycles. The average Bonchev–Trinajstić information content (AvgIpc) is 3.22. The summed E-state index contributed by atoms with van der Waals surface area (Å²) in [5, 5.41) is 14.7. The standard InChI is InChI=1S/C24H20FN5O4S/c1-15-12-22(30(29-15)18-10-11-20(25)21(13-18)27-14-31)24(32)28-17-8-6-16(7-9-17)19-4-2-3-5-23(19)35(26,33)34/h2-14H,1H3,(H,27,31)(H,28,32)(H2,26,33,34). The Morgan fingerprint density at radius 3 is 2.46 bits per heavy atom. The van der Waals surface area contributed by atoms with Gasteiger partial charge in [0, 0.05) is 11.3 Å². The number of hydrogen-bond acceptors (Lipinski definition) is 5. The topological polar surface area (TPSA) is 136 Å². The maximum Gasteiger partial charge on any atom is 0.274 e. The molecule has 2 amide bonds. The van der Waals surface area contributed by atoms with Crippen molar-refractivity contribution in [2.24, 2.45) is 5.14 Å². The summed E-state index contributed by atoms with van der Waals surface area (Å²) in [5.74, 6) is -1.10. The van der Waals surface area contributed by atoms with Gasteiger partial charge in [-0.25, -0.2) is 22.6 Å². The number of nitrogens with two attached hydrogens (primary N) is 1. The predicted molar refractivity (Wildman–Crippen MR) is 129 cm³/mol. The molecule has 0 atom stereocenters. The quantitative estimate of drug-likeness (QED) is 0.339. The third kappa shape index (κ3) is 5.10. The summed E-state index contributed by atoms with van der Waals surface area (Å²) in [4.78, 5) is 23.8. The van der Waals surface area contributed by atoms with E-state index in [1.165, 1.54) is 22.9 Å². The maximum absolute atomic E-state index is 13.9. The number of sulfonamides is 1. The van der Waals surface area contributed by atoms with Gasteiger partial charge in [0.1, 0.15) is 11.5 Å². The molecule has 1 heterocycles. The molecule has 3 aromatic carbocycles. The zero-order valence-electron chi connectivity index (χ0n) is 18.4. The summed E-state index contributed by atoms with van der Waals surface area (Å²) in [6.45, 7) is 1.71. The first-order valence-electron chi connectivity index (χ1n) is 10.3. The normalized spacial score (nSPS) is 11.2. The molecule has 0 fully saturated rings. The first-order chi connectivity index (χ1) is 16.7. The van der Waals surface area contributed by atoms with Crippen LogP contribution in [-0.4, -0.2) is 30.5 Å². The minimum atomic E-state index is -3.91. The zero-order chi connectivity index (χ0) is 25.2.